The zero-order valence-corrected chi connectivity index (χ0v) is 12.0. The Bertz CT molecular complexity index is 425. The molecule has 0 aromatic rings. The van der Waals surface area contributed by atoms with Gasteiger partial charge in [0.05, 0.1) is 18.8 Å². The van der Waals surface area contributed by atoms with Crippen molar-refractivity contribution in [3.8, 4) is 0 Å². The number of hydrogen-bond acceptors (Lipinski definition) is 8. The van der Waals surface area contributed by atoms with Crippen LogP contribution in [-0.4, -0.2) is 81.6 Å². The highest BCUT2D eigenvalue weighted by atomic mass is 16.7. The van der Waals surface area contributed by atoms with Crippen molar-refractivity contribution in [2.45, 2.75) is 49.3 Å². The Hall–Kier alpha value is -0.840. The highest BCUT2D eigenvalue weighted by Gasteiger charge is 2.45. The maximum absolute atomic E-state index is 9.97. The van der Waals surface area contributed by atoms with Crippen molar-refractivity contribution in [1.82, 2.24) is 0 Å². The Kier molecular flexibility index (Phi) is 6.07. The van der Waals surface area contributed by atoms with Gasteiger partial charge in [0.25, 0.3) is 0 Å². The molecule has 8 nitrogen and oxygen atoms in total. The number of rotatable bonds is 4. The van der Waals surface area contributed by atoms with E-state index in [0.29, 0.717) is 0 Å². The van der Waals surface area contributed by atoms with Crippen LogP contribution in [0.3, 0.4) is 0 Å². The largest absolute Gasteiger partial charge is 0.394 e. The minimum Gasteiger partial charge on any atom is -0.394 e. The summed E-state index contributed by atoms with van der Waals surface area (Å²) in [6, 6.07) is 0. The second kappa shape index (κ2) is 7.62. The van der Waals surface area contributed by atoms with Gasteiger partial charge in [0, 0.05) is 13.0 Å². The molecule has 1 heterocycles. The molecule has 0 bridgehead atoms. The van der Waals surface area contributed by atoms with Gasteiger partial charge in [-0.1, -0.05) is 18.2 Å². The second-order valence-electron chi connectivity index (χ2n) is 5.42. The number of hydrogen-bond donors (Lipinski definition) is 6. The molecule has 0 aromatic heterocycles. The van der Waals surface area contributed by atoms with Crippen molar-refractivity contribution in [1.29, 1.82) is 0 Å². The summed E-state index contributed by atoms with van der Waals surface area (Å²) in [7, 11) is 0. The number of aliphatic hydroxyl groups excluding tert-OH is 5. The Morgan fingerprint density at radius 2 is 1.95 bits per heavy atom. The normalized spacial score (nSPS) is 44.5. The van der Waals surface area contributed by atoms with Gasteiger partial charge in [0.15, 0.2) is 6.29 Å². The number of nitrogens with two attached hydrogens (primary N) is 1. The van der Waals surface area contributed by atoms with E-state index in [-0.39, 0.29) is 13.0 Å². The fourth-order valence-electron chi connectivity index (χ4n) is 2.57. The third-order valence-corrected chi connectivity index (χ3v) is 3.84. The molecular weight excluding hydrogens is 294 g/mol. The predicted octanol–water partition coefficient (Wildman–Crippen LogP) is -2.62. The van der Waals surface area contributed by atoms with E-state index in [1.807, 2.05) is 0 Å². The van der Waals surface area contributed by atoms with E-state index in [1.54, 1.807) is 18.2 Å². The summed E-state index contributed by atoms with van der Waals surface area (Å²) >= 11 is 0. The molecule has 2 rings (SSSR count). The number of ether oxygens (including phenoxy) is 2. The molecule has 8 heteroatoms. The van der Waals surface area contributed by atoms with Crippen molar-refractivity contribution < 1.29 is 35.0 Å². The summed E-state index contributed by atoms with van der Waals surface area (Å²) in [4.78, 5) is 0. The molecule has 1 fully saturated rings. The van der Waals surface area contributed by atoms with Crippen LogP contribution in [0.4, 0.5) is 0 Å². The van der Waals surface area contributed by atoms with E-state index < -0.39 is 49.5 Å². The predicted molar refractivity (Wildman–Crippen MR) is 75.5 cm³/mol. The van der Waals surface area contributed by atoms with E-state index in [4.69, 9.17) is 20.3 Å². The van der Waals surface area contributed by atoms with E-state index >= 15 is 0 Å². The summed E-state index contributed by atoms with van der Waals surface area (Å²) < 4.78 is 10.9. The Labute approximate surface area is 128 Å². The van der Waals surface area contributed by atoms with E-state index in [1.165, 1.54) is 0 Å². The molecule has 1 aliphatic carbocycles. The minimum absolute atomic E-state index is 0.247. The van der Waals surface area contributed by atoms with Crippen LogP contribution in [0.2, 0.25) is 0 Å². The molecule has 2 aliphatic rings. The van der Waals surface area contributed by atoms with Crippen LogP contribution in [0.25, 0.3) is 0 Å². The number of aliphatic hydroxyl groups is 5. The fraction of sp³-hybridized carbons (Fsp3) is 0.714. The topological polar surface area (TPSA) is 146 Å². The van der Waals surface area contributed by atoms with Gasteiger partial charge < -0.3 is 40.7 Å². The first kappa shape index (κ1) is 17.5. The first-order valence-corrected chi connectivity index (χ1v) is 7.20. The van der Waals surface area contributed by atoms with Gasteiger partial charge in [0.2, 0.25) is 0 Å². The molecule has 7 N–H and O–H groups in total. The van der Waals surface area contributed by atoms with Crippen molar-refractivity contribution in [2.75, 3.05) is 13.2 Å². The van der Waals surface area contributed by atoms with Crippen LogP contribution in [0.15, 0.2) is 23.8 Å². The molecule has 0 spiro atoms. The molecule has 1 aliphatic heterocycles. The van der Waals surface area contributed by atoms with Crippen LogP contribution in [0, 0.1) is 0 Å². The molecule has 126 valence electrons. The summed E-state index contributed by atoms with van der Waals surface area (Å²) in [5.41, 5.74) is 6.21. The first-order chi connectivity index (χ1) is 10.5. The van der Waals surface area contributed by atoms with Gasteiger partial charge in [0.1, 0.15) is 24.4 Å². The van der Waals surface area contributed by atoms with Gasteiger partial charge in [-0.2, -0.15) is 0 Å². The zero-order chi connectivity index (χ0) is 16.3. The average Bonchev–Trinajstić information content (AvgIpc) is 2.50. The molecule has 0 saturated carbocycles. The molecule has 7 unspecified atom stereocenters. The maximum atomic E-state index is 9.97. The van der Waals surface area contributed by atoms with Crippen LogP contribution in [0.5, 0.6) is 0 Å². The smallest absolute Gasteiger partial charge is 0.187 e. The molecule has 0 radical (unpaired) electrons. The van der Waals surface area contributed by atoms with Gasteiger partial charge in [-0.3, -0.25) is 0 Å². The lowest BCUT2D eigenvalue weighted by Crippen LogP contribution is -2.59. The highest BCUT2D eigenvalue weighted by Crippen LogP contribution is 2.28. The zero-order valence-electron chi connectivity index (χ0n) is 12.0. The van der Waals surface area contributed by atoms with Crippen LogP contribution in [-0.2, 0) is 9.47 Å². The summed E-state index contributed by atoms with van der Waals surface area (Å²) in [5, 5.41) is 48.3. The molecule has 1 saturated heterocycles. The van der Waals surface area contributed by atoms with Crippen LogP contribution < -0.4 is 5.73 Å². The Morgan fingerprint density at radius 1 is 1.23 bits per heavy atom. The quantitative estimate of drug-likeness (QED) is 0.330. The molecule has 0 aromatic carbocycles. The van der Waals surface area contributed by atoms with Gasteiger partial charge >= 0.3 is 0 Å². The second-order valence-corrected chi connectivity index (χ2v) is 5.42. The Balaban J connectivity index is 2.10. The lowest BCUT2D eigenvalue weighted by Gasteiger charge is -2.41. The van der Waals surface area contributed by atoms with E-state index in [9.17, 15) is 20.4 Å². The van der Waals surface area contributed by atoms with Crippen molar-refractivity contribution in [2.24, 2.45) is 5.73 Å². The van der Waals surface area contributed by atoms with Crippen LogP contribution >= 0.6 is 0 Å². The maximum Gasteiger partial charge on any atom is 0.187 e. The van der Waals surface area contributed by atoms with E-state index in [2.05, 4.69) is 0 Å². The average molecular weight is 317 g/mol. The molecule has 0 amide bonds. The monoisotopic (exact) mass is 317 g/mol. The van der Waals surface area contributed by atoms with Gasteiger partial charge in [-0.05, 0) is 5.57 Å². The molecular formula is C14H23NO7. The fourth-order valence-corrected chi connectivity index (χ4v) is 2.57. The van der Waals surface area contributed by atoms with Crippen molar-refractivity contribution in [3.05, 3.63) is 23.8 Å². The lowest BCUT2D eigenvalue weighted by molar-refractivity contribution is -0.309. The first-order valence-electron chi connectivity index (χ1n) is 7.20. The standard InChI is InChI=1S/C14H23NO7/c15-4-3-7-1-2-8(17)5-9(7)21-14-13(20)12(19)11(18)10(6-16)22-14/h1-3,8-14,16-20H,4-6,15H2. The van der Waals surface area contributed by atoms with E-state index in [0.717, 1.165) is 5.57 Å². The SMILES string of the molecule is NCC=C1C=CC(O)CC1OC1OC(CO)C(O)C(O)C1O. The van der Waals surface area contributed by atoms with Gasteiger partial charge in [-0.25, -0.2) is 0 Å². The summed E-state index contributed by atoms with van der Waals surface area (Å²) in [6.45, 7) is -0.242. The lowest BCUT2D eigenvalue weighted by atomic mass is 9.95. The van der Waals surface area contributed by atoms with Crippen LogP contribution in [0.1, 0.15) is 6.42 Å². The molecule has 7 atom stereocenters. The third kappa shape index (κ3) is 3.73. The van der Waals surface area contributed by atoms with Crippen molar-refractivity contribution in [3.63, 3.8) is 0 Å². The highest BCUT2D eigenvalue weighted by molar-refractivity contribution is 5.28. The third-order valence-electron chi connectivity index (χ3n) is 3.84. The summed E-state index contributed by atoms with van der Waals surface area (Å²) in [6.07, 6.45) is -2.71. The molecule has 22 heavy (non-hydrogen) atoms. The minimum atomic E-state index is -1.50. The van der Waals surface area contributed by atoms with Gasteiger partial charge in [-0.15, -0.1) is 0 Å². The van der Waals surface area contributed by atoms with Crippen molar-refractivity contribution >= 4 is 0 Å². The Morgan fingerprint density at radius 3 is 2.59 bits per heavy atom. The summed E-state index contributed by atoms with van der Waals surface area (Å²) in [5.74, 6) is 0.